The molecule has 0 aromatic heterocycles. The first-order chi connectivity index (χ1) is 8.87. The zero-order chi connectivity index (χ0) is 14.0. The maximum atomic E-state index is 11.5. The molecule has 0 unspecified atom stereocenters. The average Bonchev–Trinajstić information content (AvgIpc) is 2.66. The third-order valence-electron chi connectivity index (χ3n) is 3.50. The minimum Gasteiger partial charge on any atom is -0.481 e. The Morgan fingerprint density at radius 1 is 1.47 bits per heavy atom. The zero-order valence-corrected chi connectivity index (χ0v) is 12.7. The quantitative estimate of drug-likeness (QED) is 0.906. The van der Waals surface area contributed by atoms with Crippen LogP contribution in [0.25, 0.3) is 0 Å². The third kappa shape index (κ3) is 3.79. The van der Waals surface area contributed by atoms with Crippen LogP contribution in [0.1, 0.15) is 12.0 Å². The van der Waals surface area contributed by atoms with E-state index in [9.17, 15) is 18.3 Å². The lowest BCUT2D eigenvalue weighted by atomic mass is 9.86. The van der Waals surface area contributed by atoms with Crippen LogP contribution in [0.15, 0.2) is 28.7 Å². The highest BCUT2D eigenvalue weighted by molar-refractivity contribution is 9.10. The van der Waals surface area contributed by atoms with Crippen LogP contribution in [0, 0.1) is 11.8 Å². The molecule has 2 atom stereocenters. The molecule has 19 heavy (non-hydrogen) atoms. The first-order valence-electron chi connectivity index (χ1n) is 6.05. The Morgan fingerprint density at radius 3 is 2.74 bits per heavy atom. The van der Waals surface area contributed by atoms with Crippen molar-refractivity contribution in [3.05, 3.63) is 34.3 Å². The number of carboxylic acid groups (broad SMARTS) is 1. The van der Waals surface area contributed by atoms with Gasteiger partial charge in [0.2, 0.25) is 0 Å². The molecule has 0 radical (unpaired) electrons. The lowest BCUT2D eigenvalue weighted by Crippen LogP contribution is -2.26. The maximum Gasteiger partial charge on any atom is 0.307 e. The number of aliphatic carboxylic acids is 1. The molecule has 0 amide bonds. The van der Waals surface area contributed by atoms with Crippen LogP contribution in [0.4, 0.5) is 0 Å². The van der Waals surface area contributed by atoms with E-state index in [4.69, 9.17) is 0 Å². The number of hydrogen-bond acceptors (Lipinski definition) is 3. The summed E-state index contributed by atoms with van der Waals surface area (Å²) in [5.74, 6) is -1.71. The van der Waals surface area contributed by atoms with Gasteiger partial charge in [0.05, 0.1) is 17.4 Å². The van der Waals surface area contributed by atoms with Crippen molar-refractivity contribution in [1.29, 1.82) is 0 Å². The van der Waals surface area contributed by atoms with Crippen molar-refractivity contribution >= 4 is 31.7 Å². The van der Waals surface area contributed by atoms with Crippen LogP contribution in [-0.2, 0) is 21.1 Å². The zero-order valence-electron chi connectivity index (χ0n) is 10.3. The minimum atomic E-state index is -3.05. The van der Waals surface area contributed by atoms with Gasteiger partial charge in [-0.2, -0.15) is 0 Å². The standard InChI is InChI=1S/C13H15BrO4S/c14-11-3-1-2-9(6-11)7-12(13(15)16)10-4-5-19(17,18)8-10/h1-3,6,10,12H,4-5,7-8H2,(H,15,16)/t10-,12-/m1/s1. The fourth-order valence-corrected chi connectivity index (χ4v) is 4.84. The van der Waals surface area contributed by atoms with Gasteiger partial charge in [0.25, 0.3) is 0 Å². The Balaban J connectivity index is 2.16. The summed E-state index contributed by atoms with van der Waals surface area (Å²) in [6.45, 7) is 0. The highest BCUT2D eigenvalue weighted by Gasteiger charge is 2.37. The van der Waals surface area contributed by atoms with Gasteiger partial charge in [-0.15, -0.1) is 0 Å². The van der Waals surface area contributed by atoms with Crippen molar-refractivity contribution in [1.82, 2.24) is 0 Å². The van der Waals surface area contributed by atoms with Gasteiger partial charge in [-0.05, 0) is 36.5 Å². The van der Waals surface area contributed by atoms with Crippen molar-refractivity contribution in [3.63, 3.8) is 0 Å². The molecule has 4 nitrogen and oxygen atoms in total. The summed E-state index contributed by atoms with van der Waals surface area (Å²) in [4.78, 5) is 11.4. The van der Waals surface area contributed by atoms with E-state index in [1.165, 1.54) is 0 Å². The molecule has 1 fully saturated rings. The molecular formula is C13H15BrO4S. The van der Waals surface area contributed by atoms with Crippen LogP contribution in [0.5, 0.6) is 0 Å². The van der Waals surface area contributed by atoms with Crippen LogP contribution in [0.3, 0.4) is 0 Å². The molecule has 1 aliphatic heterocycles. The Kier molecular flexibility index (Phi) is 4.30. The molecule has 1 N–H and O–H groups in total. The van der Waals surface area contributed by atoms with Crippen LogP contribution >= 0.6 is 15.9 Å². The van der Waals surface area contributed by atoms with Crippen molar-refractivity contribution in [2.75, 3.05) is 11.5 Å². The monoisotopic (exact) mass is 346 g/mol. The Labute approximate surface area is 120 Å². The number of halogens is 1. The van der Waals surface area contributed by atoms with Crippen molar-refractivity contribution in [2.45, 2.75) is 12.8 Å². The molecular weight excluding hydrogens is 332 g/mol. The molecule has 1 aromatic carbocycles. The van der Waals surface area contributed by atoms with Crippen molar-refractivity contribution < 1.29 is 18.3 Å². The van der Waals surface area contributed by atoms with Gasteiger partial charge < -0.3 is 5.11 Å². The van der Waals surface area contributed by atoms with Crippen molar-refractivity contribution in [2.24, 2.45) is 11.8 Å². The summed E-state index contributed by atoms with van der Waals surface area (Å²) >= 11 is 3.35. The normalized spacial score (nSPS) is 23.1. The summed E-state index contributed by atoms with van der Waals surface area (Å²) in [5, 5.41) is 9.33. The maximum absolute atomic E-state index is 11.5. The van der Waals surface area contributed by atoms with E-state index in [-0.39, 0.29) is 17.4 Å². The number of benzene rings is 1. The molecule has 0 bridgehead atoms. The molecule has 0 spiro atoms. The number of carboxylic acids is 1. The Bertz CT molecular complexity index is 582. The van der Waals surface area contributed by atoms with E-state index in [0.29, 0.717) is 12.8 Å². The molecule has 104 valence electrons. The molecule has 2 rings (SSSR count). The van der Waals surface area contributed by atoms with Gasteiger partial charge in [-0.1, -0.05) is 28.1 Å². The van der Waals surface area contributed by atoms with E-state index in [0.717, 1.165) is 10.0 Å². The van der Waals surface area contributed by atoms with Crippen LogP contribution in [0.2, 0.25) is 0 Å². The second-order valence-electron chi connectivity index (χ2n) is 4.94. The molecule has 1 aromatic rings. The van der Waals surface area contributed by atoms with Gasteiger partial charge in [0, 0.05) is 4.47 Å². The predicted octanol–water partition coefficient (Wildman–Crippen LogP) is 2.13. The smallest absolute Gasteiger partial charge is 0.307 e. The van der Waals surface area contributed by atoms with E-state index in [2.05, 4.69) is 15.9 Å². The highest BCUT2D eigenvalue weighted by atomic mass is 79.9. The molecule has 1 aliphatic rings. The molecule has 6 heteroatoms. The summed E-state index contributed by atoms with van der Waals surface area (Å²) in [5.41, 5.74) is 0.908. The molecule has 0 saturated carbocycles. The number of carbonyl (C=O) groups is 1. The van der Waals surface area contributed by atoms with E-state index < -0.39 is 21.7 Å². The van der Waals surface area contributed by atoms with Gasteiger partial charge in [0.1, 0.15) is 0 Å². The fraction of sp³-hybridized carbons (Fsp3) is 0.462. The van der Waals surface area contributed by atoms with Gasteiger partial charge >= 0.3 is 5.97 Å². The van der Waals surface area contributed by atoms with E-state index >= 15 is 0 Å². The number of sulfone groups is 1. The molecule has 0 aliphatic carbocycles. The predicted molar refractivity (Wildman–Crippen MR) is 75.7 cm³/mol. The minimum absolute atomic E-state index is 0.00201. The number of rotatable bonds is 4. The Morgan fingerprint density at radius 2 is 2.21 bits per heavy atom. The lowest BCUT2D eigenvalue weighted by molar-refractivity contribution is -0.143. The molecule has 1 heterocycles. The summed E-state index contributed by atoms with van der Waals surface area (Å²) in [7, 11) is -3.05. The van der Waals surface area contributed by atoms with E-state index in [1.807, 2.05) is 24.3 Å². The van der Waals surface area contributed by atoms with Crippen molar-refractivity contribution in [3.8, 4) is 0 Å². The lowest BCUT2D eigenvalue weighted by Gasteiger charge is -2.18. The van der Waals surface area contributed by atoms with Gasteiger partial charge in [0.15, 0.2) is 9.84 Å². The van der Waals surface area contributed by atoms with Gasteiger partial charge in [-0.25, -0.2) is 8.42 Å². The van der Waals surface area contributed by atoms with Gasteiger partial charge in [-0.3, -0.25) is 4.79 Å². The highest BCUT2D eigenvalue weighted by Crippen LogP contribution is 2.29. The molecule has 1 saturated heterocycles. The summed E-state index contributed by atoms with van der Waals surface area (Å²) in [6.07, 6.45) is 0.822. The average molecular weight is 347 g/mol. The fourth-order valence-electron chi connectivity index (χ4n) is 2.51. The van der Waals surface area contributed by atoms with Crippen LogP contribution < -0.4 is 0 Å². The number of hydrogen-bond donors (Lipinski definition) is 1. The van der Waals surface area contributed by atoms with E-state index in [1.54, 1.807) is 0 Å². The second-order valence-corrected chi connectivity index (χ2v) is 8.09. The summed E-state index contributed by atoms with van der Waals surface area (Å²) < 4.78 is 23.8. The first kappa shape index (κ1) is 14.5. The summed E-state index contributed by atoms with van der Waals surface area (Å²) in [6, 6.07) is 7.46. The second kappa shape index (κ2) is 5.63. The third-order valence-corrected chi connectivity index (χ3v) is 5.79. The van der Waals surface area contributed by atoms with Crippen LogP contribution in [-0.4, -0.2) is 31.0 Å². The largest absolute Gasteiger partial charge is 0.481 e. The Hall–Kier alpha value is -0.880. The topological polar surface area (TPSA) is 71.4 Å². The first-order valence-corrected chi connectivity index (χ1v) is 8.66. The SMILES string of the molecule is O=C(O)[C@H](Cc1cccc(Br)c1)[C@@H]1CCS(=O)(=O)C1.